The fraction of sp³-hybridized carbons (Fsp3) is 0.588. The van der Waals surface area contributed by atoms with E-state index in [0.717, 1.165) is 35.8 Å². The van der Waals surface area contributed by atoms with Crippen molar-refractivity contribution in [2.75, 3.05) is 20.7 Å². The van der Waals surface area contributed by atoms with E-state index in [1.54, 1.807) is 7.11 Å². The summed E-state index contributed by atoms with van der Waals surface area (Å²) in [5.74, 6) is 1.93. The van der Waals surface area contributed by atoms with Gasteiger partial charge >= 0.3 is 0 Å². The molecule has 1 spiro atoms. The topological polar surface area (TPSA) is 36.9 Å². The molecule has 3 aliphatic heterocycles. The molecule has 0 aliphatic carbocycles. The number of methoxy groups -OCH3 is 1. The smallest absolute Gasteiger partial charge is 0.128 e. The Morgan fingerprint density at radius 3 is 2.76 bits per heavy atom. The highest BCUT2D eigenvalue weighted by molar-refractivity contribution is 6.00. The molecule has 112 valence electrons. The van der Waals surface area contributed by atoms with Gasteiger partial charge in [-0.25, -0.2) is 0 Å². The molecule has 1 aromatic carbocycles. The molecule has 4 rings (SSSR count). The minimum Gasteiger partial charge on any atom is -0.497 e. The van der Waals surface area contributed by atoms with Gasteiger partial charge < -0.3 is 15.0 Å². The van der Waals surface area contributed by atoms with E-state index in [1.807, 2.05) is 12.1 Å². The van der Waals surface area contributed by atoms with Crippen LogP contribution in [-0.2, 0) is 0 Å². The Morgan fingerprint density at radius 2 is 2.05 bits per heavy atom. The van der Waals surface area contributed by atoms with Gasteiger partial charge in [0.25, 0.3) is 0 Å². The van der Waals surface area contributed by atoms with Gasteiger partial charge in [0.1, 0.15) is 11.6 Å². The molecule has 2 saturated heterocycles. The van der Waals surface area contributed by atoms with Crippen molar-refractivity contribution in [2.24, 2.45) is 4.99 Å². The third-order valence-electron chi connectivity index (χ3n) is 5.50. The summed E-state index contributed by atoms with van der Waals surface area (Å²) in [6.45, 7) is 0.917. The Morgan fingerprint density at radius 1 is 1.29 bits per heavy atom. The standard InChI is InChI=1S/C17H23N3O/c1-20-13-6-7-14(20)10-17(9-13)11-18-16(19-17)12-4-3-5-15(8-12)21-2/h3-5,8,13-14H,6-7,9-11H2,1-2H3,(H,18,19)/t13-,14+,17?. The van der Waals surface area contributed by atoms with Gasteiger partial charge in [0.05, 0.1) is 19.2 Å². The average Bonchev–Trinajstić information content (AvgIpc) is 2.99. The largest absolute Gasteiger partial charge is 0.497 e. The quantitative estimate of drug-likeness (QED) is 0.903. The Hall–Kier alpha value is -1.55. The van der Waals surface area contributed by atoms with Gasteiger partial charge in [0.15, 0.2) is 0 Å². The number of hydrogen-bond donors (Lipinski definition) is 1. The summed E-state index contributed by atoms with van der Waals surface area (Å²) in [7, 11) is 3.99. The predicted molar refractivity (Wildman–Crippen MR) is 84.1 cm³/mol. The van der Waals surface area contributed by atoms with E-state index >= 15 is 0 Å². The van der Waals surface area contributed by atoms with Crippen molar-refractivity contribution in [3.8, 4) is 5.75 Å². The number of aliphatic imine (C=N–C) groups is 1. The molecule has 3 heterocycles. The fourth-order valence-electron chi connectivity index (χ4n) is 4.29. The minimum atomic E-state index is 0.191. The van der Waals surface area contributed by atoms with E-state index in [4.69, 9.17) is 9.73 Å². The van der Waals surface area contributed by atoms with Crippen LogP contribution in [0.15, 0.2) is 29.3 Å². The van der Waals surface area contributed by atoms with Crippen molar-refractivity contribution in [2.45, 2.75) is 43.3 Å². The molecule has 4 nitrogen and oxygen atoms in total. The van der Waals surface area contributed by atoms with Crippen LogP contribution in [-0.4, -0.2) is 49.1 Å². The second-order valence-corrected chi connectivity index (χ2v) is 6.76. The Kier molecular flexibility index (Phi) is 2.96. The van der Waals surface area contributed by atoms with Crippen molar-refractivity contribution in [3.05, 3.63) is 29.8 Å². The maximum absolute atomic E-state index is 5.32. The van der Waals surface area contributed by atoms with Crippen LogP contribution in [0.4, 0.5) is 0 Å². The Bertz CT molecular complexity index is 569. The first kappa shape index (κ1) is 13.1. The number of nitrogens with one attached hydrogen (secondary N) is 1. The summed E-state index contributed by atoms with van der Waals surface area (Å²) in [6.07, 6.45) is 5.13. The summed E-state index contributed by atoms with van der Waals surface area (Å²) in [6, 6.07) is 9.64. The lowest BCUT2D eigenvalue weighted by molar-refractivity contribution is 0.111. The first-order valence-electron chi connectivity index (χ1n) is 7.88. The average molecular weight is 285 g/mol. The number of fused-ring (bicyclic) bond motifs is 2. The third kappa shape index (κ3) is 2.13. The molecule has 1 N–H and O–H groups in total. The molecule has 0 aromatic heterocycles. The Balaban J connectivity index is 1.54. The summed E-state index contributed by atoms with van der Waals surface area (Å²) in [4.78, 5) is 7.39. The molecule has 21 heavy (non-hydrogen) atoms. The van der Waals surface area contributed by atoms with E-state index in [-0.39, 0.29) is 5.54 Å². The zero-order valence-electron chi connectivity index (χ0n) is 12.8. The highest BCUT2D eigenvalue weighted by Gasteiger charge is 2.48. The van der Waals surface area contributed by atoms with Crippen LogP contribution < -0.4 is 10.1 Å². The highest BCUT2D eigenvalue weighted by atomic mass is 16.5. The van der Waals surface area contributed by atoms with Crippen molar-refractivity contribution in [1.29, 1.82) is 0 Å². The van der Waals surface area contributed by atoms with Crippen molar-refractivity contribution in [1.82, 2.24) is 10.2 Å². The molecule has 1 aromatic rings. The van der Waals surface area contributed by atoms with Gasteiger partial charge in [-0.15, -0.1) is 0 Å². The summed E-state index contributed by atoms with van der Waals surface area (Å²) in [5, 5.41) is 3.76. The predicted octanol–water partition coefficient (Wildman–Crippen LogP) is 2.04. The Labute approximate surface area is 126 Å². The van der Waals surface area contributed by atoms with E-state index in [1.165, 1.54) is 25.7 Å². The summed E-state index contributed by atoms with van der Waals surface area (Å²) in [5.41, 5.74) is 1.33. The monoisotopic (exact) mass is 285 g/mol. The molecular weight excluding hydrogens is 262 g/mol. The third-order valence-corrected chi connectivity index (χ3v) is 5.50. The molecule has 1 unspecified atom stereocenters. The zero-order valence-corrected chi connectivity index (χ0v) is 12.8. The maximum Gasteiger partial charge on any atom is 0.128 e. The van der Waals surface area contributed by atoms with Crippen LogP contribution in [0.3, 0.4) is 0 Å². The molecule has 4 heteroatoms. The van der Waals surface area contributed by atoms with E-state index < -0.39 is 0 Å². The molecule has 3 atom stereocenters. The maximum atomic E-state index is 5.32. The number of amidine groups is 1. The van der Waals surface area contributed by atoms with Crippen LogP contribution in [0.2, 0.25) is 0 Å². The lowest BCUT2D eigenvalue weighted by Crippen LogP contribution is -2.57. The SMILES string of the molecule is COc1cccc(C2=NCC3(C[C@H]4CC[C@@H](C3)N4C)N2)c1. The summed E-state index contributed by atoms with van der Waals surface area (Å²) < 4.78 is 5.32. The van der Waals surface area contributed by atoms with Crippen molar-refractivity contribution in [3.63, 3.8) is 0 Å². The molecule has 3 aliphatic rings. The van der Waals surface area contributed by atoms with Crippen molar-refractivity contribution >= 4 is 5.84 Å². The number of rotatable bonds is 2. The number of hydrogen-bond acceptors (Lipinski definition) is 4. The number of benzene rings is 1. The minimum absolute atomic E-state index is 0.191. The van der Waals surface area contributed by atoms with E-state index in [2.05, 4.69) is 29.4 Å². The van der Waals surface area contributed by atoms with Crippen LogP contribution >= 0.6 is 0 Å². The van der Waals surface area contributed by atoms with Crippen molar-refractivity contribution < 1.29 is 4.74 Å². The second-order valence-electron chi connectivity index (χ2n) is 6.76. The van der Waals surface area contributed by atoms with Crippen LogP contribution in [0, 0.1) is 0 Å². The van der Waals surface area contributed by atoms with E-state index in [9.17, 15) is 0 Å². The van der Waals surface area contributed by atoms with E-state index in [0.29, 0.717) is 0 Å². The molecular formula is C17H23N3O. The first-order chi connectivity index (χ1) is 10.2. The molecule has 2 bridgehead atoms. The normalized spacial score (nSPS) is 34.9. The number of nitrogens with zero attached hydrogens (tertiary/aromatic N) is 2. The van der Waals surface area contributed by atoms with Crippen LogP contribution in [0.25, 0.3) is 0 Å². The number of ether oxygens (including phenoxy) is 1. The van der Waals surface area contributed by atoms with Crippen LogP contribution in [0.1, 0.15) is 31.2 Å². The zero-order chi connectivity index (χ0) is 14.4. The van der Waals surface area contributed by atoms with Gasteiger partial charge in [0, 0.05) is 17.6 Å². The lowest BCUT2D eigenvalue weighted by Gasteiger charge is -2.43. The molecule has 0 saturated carbocycles. The van der Waals surface area contributed by atoms with Gasteiger partial charge in [-0.05, 0) is 44.9 Å². The number of piperidine rings is 1. The summed E-state index contributed by atoms with van der Waals surface area (Å²) >= 11 is 0. The fourth-order valence-corrected chi connectivity index (χ4v) is 4.29. The van der Waals surface area contributed by atoms with Crippen LogP contribution in [0.5, 0.6) is 5.75 Å². The first-order valence-corrected chi connectivity index (χ1v) is 7.88. The second kappa shape index (κ2) is 4.73. The molecule has 0 amide bonds. The molecule has 0 radical (unpaired) electrons. The molecule has 2 fully saturated rings. The van der Waals surface area contributed by atoms with Gasteiger partial charge in [-0.2, -0.15) is 0 Å². The lowest BCUT2D eigenvalue weighted by atomic mass is 9.83. The van der Waals surface area contributed by atoms with Gasteiger partial charge in [-0.1, -0.05) is 12.1 Å². The van der Waals surface area contributed by atoms with Gasteiger partial charge in [-0.3, -0.25) is 4.99 Å². The van der Waals surface area contributed by atoms with Gasteiger partial charge in [0.2, 0.25) is 0 Å². The highest BCUT2D eigenvalue weighted by Crippen LogP contribution is 2.41.